The van der Waals surface area contributed by atoms with Crippen molar-refractivity contribution in [1.82, 2.24) is 15.2 Å². The third-order valence-corrected chi connectivity index (χ3v) is 5.08. The van der Waals surface area contributed by atoms with Gasteiger partial charge in [0.1, 0.15) is 6.61 Å². The minimum absolute atomic E-state index is 0.261. The summed E-state index contributed by atoms with van der Waals surface area (Å²) in [4.78, 5) is 18.9. The van der Waals surface area contributed by atoms with Crippen molar-refractivity contribution in [2.24, 2.45) is 0 Å². The molecule has 7 heteroatoms. The Labute approximate surface area is 178 Å². The van der Waals surface area contributed by atoms with E-state index in [0.29, 0.717) is 31.3 Å². The molecule has 3 rings (SSSR count). The molecule has 0 bridgehead atoms. The van der Waals surface area contributed by atoms with Gasteiger partial charge in [0.2, 0.25) is 5.88 Å². The van der Waals surface area contributed by atoms with Gasteiger partial charge in [-0.2, -0.15) is 0 Å². The van der Waals surface area contributed by atoms with E-state index in [1.807, 2.05) is 6.07 Å². The molecule has 7 nitrogen and oxygen atoms in total. The quantitative estimate of drug-likeness (QED) is 0.613. The molecule has 0 spiro atoms. The summed E-state index contributed by atoms with van der Waals surface area (Å²) in [5.41, 5.74) is 3.00. The molecule has 1 aliphatic rings. The molecule has 1 fully saturated rings. The number of carbonyl (C=O) groups excluding carboxylic acids is 1. The fourth-order valence-electron chi connectivity index (χ4n) is 3.52. The van der Waals surface area contributed by atoms with Gasteiger partial charge in [0, 0.05) is 26.3 Å². The summed E-state index contributed by atoms with van der Waals surface area (Å²) in [6, 6.07) is 11.7. The third-order valence-electron chi connectivity index (χ3n) is 5.08. The molecule has 0 atom stereocenters. The number of anilines is 1. The Bertz CT molecular complexity index is 774. The molecular formula is C23H32N4O3. The second kappa shape index (κ2) is 12.1. The first-order valence-corrected chi connectivity index (χ1v) is 10.7. The molecule has 30 heavy (non-hydrogen) atoms. The molecule has 0 saturated carbocycles. The Kier molecular flexibility index (Phi) is 8.93. The number of urea groups is 1. The molecule has 162 valence electrons. The third kappa shape index (κ3) is 7.65. The zero-order valence-electron chi connectivity index (χ0n) is 17.7. The number of pyridine rings is 1. The van der Waals surface area contributed by atoms with Crippen molar-refractivity contribution in [3.8, 4) is 5.88 Å². The second-order valence-electron chi connectivity index (χ2n) is 7.54. The summed E-state index contributed by atoms with van der Waals surface area (Å²) in [6.45, 7) is 4.75. The molecule has 2 N–H and O–H groups in total. The van der Waals surface area contributed by atoms with E-state index in [0.717, 1.165) is 12.1 Å². The van der Waals surface area contributed by atoms with Crippen molar-refractivity contribution in [2.45, 2.75) is 38.8 Å². The second-order valence-corrected chi connectivity index (χ2v) is 7.54. The maximum atomic E-state index is 12.2. The van der Waals surface area contributed by atoms with Crippen LogP contribution >= 0.6 is 0 Å². The number of amides is 2. The van der Waals surface area contributed by atoms with Crippen molar-refractivity contribution < 1.29 is 14.3 Å². The Hall–Kier alpha value is -2.64. The van der Waals surface area contributed by atoms with Crippen molar-refractivity contribution in [3.63, 3.8) is 0 Å². The van der Waals surface area contributed by atoms with Crippen molar-refractivity contribution in [1.29, 1.82) is 0 Å². The fourth-order valence-corrected chi connectivity index (χ4v) is 3.52. The van der Waals surface area contributed by atoms with Crippen LogP contribution in [-0.2, 0) is 17.8 Å². The van der Waals surface area contributed by atoms with E-state index in [1.54, 1.807) is 25.4 Å². The number of likely N-dealkylation sites (tertiary alicyclic amines) is 1. The highest BCUT2D eigenvalue weighted by molar-refractivity contribution is 5.88. The zero-order chi connectivity index (χ0) is 21.0. The van der Waals surface area contributed by atoms with Gasteiger partial charge < -0.3 is 20.1 Å². The van der Waals surface area contributed by atoms with Gasteiger partial charge in [-0.15, -0.1) is 0 Å². The van der Waals surface area contributed by atoms with E-state index < -0.39 is 0 Å². The maximum Gasteiger partial charge on any atom is 0.319 e. The number of nitrogens with one attached hydrogen (secondary N) is 2. The SMILES string of the molecule is COCCOc1ccc(NC(=O)NCc2cccc(CN3CCCCCC3)c2)cn1. The number of nitrogens with zero attached hydrogens (tertiary/aromatic N) is 2. The highest BCUT2D eigenvalue weighted by atomic mass is 16.5. The Morgan fingerprint density at radius 1 is 1.07 bits per heavy atom. The average Bonchev–Trinajstić information content (AvgIpc) is 3.03. The fraction of sp³-hybridized carbons (Fsp3) is 0.478. The normalized spacial score (nSPS) is 14.7. The molecule has 0 radical (unpaired) electrons. The molecule has 1 aromatic heterocycles. The summed E-state index contributed by atoms with van der Waals surface area (Å²) >= 11 is 0. The van der Waals surface area contributed by atoms with E-state index >= 15 is 0 Å². The summed E-state index contributed by atoms with van der Waals surface area (Å²) < 4.78 is 10.3. The molecule has 1 aliphatic heterocycles. The maximum absolute atomic E-state index is 12.2. The van der Waals surface area contributed by atoms with Crippen LogP contribution in [0.25, 0.3) is 0 Å². The number of rotatable bonds is 9. The van der Waals surface area contributed by atoms with Crippen LogP contribution in [0.3, 0.4) is 0 Å². The Morgan fingerprint density at radius 3 is 2.60 bits per heavy atom. The van der Waals surface area contributed by atoms with Gasteiger partial charge in [-0.3, -0.25) is 4.90 Å². The van der Waals surface area contributed by atoms with Crippen LogP contribution < -0.4 is 15.4 Å². The van der Waals surface area contributed by atoms with Crippen molar-refractivity contribution >= 4 is 11.7 Å². The van der Waals surface area contributed by atoms with E-state index in [-0.39, 0.29) is 6.03 Å². The standard InChI is InChI=1S/C23H32N4O3/c1-29-13-14-30-22-10-9-21(17-24-22)26-23(28)25-16-19-7-6-8-20(15-19)18-27-11-4-2-3-5-12-27/h6-10,15,17H,2-5,11-14,16,18H2,1H3,(H2,25,26,28). The van der Waals surface area contributed by atoms with Gasteiger partial charge in [0.05, 0.1) is 18.5 Å². The van der Waals surface area contributed by atoms with Crippen LogP contribution in [-0.4, -0.2) is 49.3 Å². The summed E-state index contributed by atoms with van der Waals surface area (Å²) in [6.07, 6.45) is 6.83. The lowest BCUT2D eigenvalue weighted by atomic mass is 10.1. The Morgan fingerprint density at radius 2 is 1.87 bits per heavy atom. The molecule has 0 unspecified atom stereocenters. The predicted octanol–water partition coefficient (Wildman–Crippen LogP) is 3.80. The number of aromatic nitrogens is 1. The van der Waals surface area contributed by atoms with Crippen LogP contribution in [0.2, 0.25) is 0 Å². The monoisotopic (exact) mass is 412 g/mol. The number of ether oxygens (including phenoxy) is 2. The van der Waals surface area contributed by atoms with E-state index in [2.05, 4.69) is 38.7 Å². The van der Waals surface area contributed by atoms with Gasteiger partial charge in [-0.05, 0) is 43.1 Å². The van der Waals surface area contributed by atoms with Crippen molar-refractivity contribution in [2.75, 3.05) is 38.7 Å². The number of carbonyl (C=O) groups is 1. The van der Waals surface area contributed by atoms with Crippen LogP contribution in [0.5, 0.6) is 5.88 Å². The highest BCUT2D eigenvalue weighted by Gasteiger charge is 2.10. The first-order valence-electron chi connectivity index (χ1n) is 10.7. The van der Waals surface area contributed by atoms with Gasteiger partial charge in [0.25, 0.3) is 0 Å². The smallest absolute Gasteiger partial charge is 0.319 e. The van der Waals surface area contributed by atoms with Gasteiger partial charge >= 0.3 is 6.03 Å². The molecular weight excluding hydrogens is 380 g/mol. The minimum Gasteiger partial charge on any atom is -0.475 e. The molecule has 1 aromatic carbocycles. The summed E-state index contributed by atoms with van der Waals surface area (Å²) in [7, 11) is 1.62. The number of hydrogen-bond donors (Lipinski definition) is 2. The lowest BCUT2D eigenvalue weighted by molar-refractivity contribution is 0.144. The molecule has 2 heterocycles. The number of hydrogen-bond acceptors (Lipinski definition) is 5. The molecule has 1 saturated heterocycles. The van der Waals surface area contributed by atoms with Crippen LogP contribution in [0.15, 0.2) is 42.6 Å². The number of benzene rings is 1. The van der Waals surface area contributed by atoms with Crippen molar-refractivity contribution in [3.05, 3.63) is 53.7 Å². The average molecular weight is 413 g/mol. The molecule has 0 aliphatic carbocycles. The van der Waals surface area contributed by atoms with Crippen LogP contribution in [0, 0.1) is 0 Å². The van der Waals surface area contributed by atoms with Crippen LogP contribution in [0.1, 0.15) is 36.8 Å². The predicted molar refractivity (Wildman–Crippen MR) is 118 cm³/mol. The summed E-state index contributed by atoms with van der Waals surface area (Å²) in [5, 5.41) is 5.70. The van der Waals surface area contributed by atoms with E-state index in [4.69, 9.17) is 9.47 Å². The van der Waals surface area contributed by atoms with Gasteiger partial charge in [0.15, 0.2) is 0 Å². The lowest BCUT2D eigenvalue weighted by Gasteiger charge is -2.20. The van der Waals surface area contributed by atoms with Gasteiger partial charge in [-0.25, -0.2) is 9.78 Å². The molecule has 2 aromatic rings. The van der Waals surface area contributed by atoms with Gasteiger partial charge in [-0.1, -0.05) is 37.1 Å². The first kappa shape index (κ1) is 22.1. The minimum atomic E-state index is -0.261. The first-order chi connectivity index (χ1) is 14.7. The van der Waals surface area contributed by atoms with E-state index in [1.165, 1.54) is 44.3 Å². The number of methoxy groups -OCH3 is 1. The topological polar surface area (TPSA) is 75.7 Å². The van der Waals surface area contributed by atoms with Crippen LogP contribution in [0.4, 0.5) is 10.5 Å². The zero-order valence-corrected chi connectivity index (χ0v) is 17.7. The molecule has 2 amide bonds. The highest BCUT2D eigenvalue weighted by Crippen LogP contribution is 2.15. The largest absolute Gasteiger partial charge is 0.475 e. The Balaban J connectivity index is 1.44. The lowest BCUT2D eigenvalue weighted by Crippen LogP contribution is -2.28. The summed E-state index contributed by atoms with van der Waals surface area (Å²) in [5.74, 6) is 0.499. The van der Waals surface area contributed by atoms with E-state index in [9.17, 15) is 4.79 Å².